The van der Waals surface area contributed by atoms with E-state index in [1.807, 2.05) is 19.9 Å². The summed E-state index contributed by atoms with van der Waals surface area (Å²) < 4.78 is 6.30. The molecule has 0 aliphatic rings. The fraction of sp³-hybridized carbons (Fsp3) is 0.200. The van der Waals surface area contributed by atoms with Crippen molar-refractivity contribution in [3.63, 3.8) is 0 Å². The summed E-state index contributed by atoms with van der Waals surface area (Å²) in [5, 5.41) is 11.9. The van der Waals surface area contributed by atoms with Crippen molar-refractivity contribution in [1.82, 2.24) is 0 Å². The van der Waals surface area contributed by atoms with E-state index >= 15 is 0 Å². The summed E-state index contributed by atoms with van der Waals surface area (Å²) in [5.74, 6) is 0.487. The largest absolute Gasteiger partial charge is 0.491 e. The maximum Gasteiger partial charge on any atom is 0.286 e. The van der Waals surface area contributed by atoms with E-state index in [1.165, 1.54) is 17.8 Å². The Morgan fingerprint density at radius 2 is 1.91 bits per heavy atom. The molecular formula is C15H13BrClNO3S. The Bertz CT molecular complexity index is 709. The third kappa shape index (κ3) is 4.38. The van der Waals surface area contributed by atoms with Crippen LogP contribution in [0.4, 0.5) is 5.69 Å². The van der Waals surface area contributed by atoms with Crippen LogP contribution in [0, 0.1) is 10.1 Å². The Hall–Kier alpha value is -1.24. The lowest BCUT2D eigenvalue weighted by molar-refractivity contribution is -0.387. The third-order valence-corrected chi connectivity index (χ3v) is 4.91. The summed E-state index contributed by atoms with van der Waals surface area (Å²) in [5.41, 5.74) is 0.0185. The molecule has 0 aliphatic heterocycles. The topological polar surface area (TPSA) is 52.4 Å². The number of halogens is 2. The lowest BCUT2D eigenvalue weighted by Crippen LogP contribution is -2.05. The normalized spacial score (nSPS) is 10.8. The zero-order valence-corrected chi connectivity index (χ0v) is 15.0. The van der Waals surface area contributed by atoms with Crippen LogP contribution in [0.3, 0.4) is 0 Å². The van der Waals surface area contributed by atoms with Crippen LogP contribution < -0.4 is 4.74 Å². The monoisotopic (exact) mass is 401 g/mol. The van der Waals surface area contributed by atoms with E-state index < -0.39 is 4.92 Å². The first-order valence-electron chi connectivity index (χ1n) is 6.45. The van der Waals surface area contributed by atoms with Gasteiger partial charge in [-0.25, -0.2) is 0 Å². The Morgan fingerprint density at radius 1 is 1.23 bits per heavy atom. The van der Waals surface area contributed by atoms with Crippen molar-refractivity contribution in [2.45, 2.75) is 29.7 Å². The third-order valence-electron chi connectivity index (χ3n) is 2.61. The van der Waals surface area contributed by atoms with Gasteiger partial charge in [0, 0.05) is 14.4 Å². The lowest BCUT2D eigenvalue weighted by Gasteiger charge is -2.11. The first kappa shape index (κ1) is 17.1. The quantitative estimate of drug-likeness (QED) is 0.458. The van der Waals surface area contributed by atoms with Crippen molar-refractivity contribution in [2.75, 3.05) is 0 Å². The molecule has 0 heterocycles. The summed E-state index contributed by atoms with van der Waals surface area (Å²) in [7, 11) is 0. The van der Waals surface area contributed by atoms with Gasteiger partial charge in [0.05, 0.1) is 22.0 Å². The molecule has 7 heteroatoms. The van der Waals surface area contributed by atoms with Gasteiger partial charge in [0.25, 0.3) is 5.69 Å². The number of nitro groups is 1. The van der Waals surface area contributed by atoms with E-state index in [0.29, 0.717) is 15.7 Å². The summed E-state index contributed by atoms with van der Waals surface area (Å²) in [4.78, 5) is 12.3. The summed E-state index contributed by atoms with van der Waals surface area (Å²) in [6, 6.07) is 10.2. The van der Waals surface area contributed by atoms with Gasteiger partial charge >= 0.3 is 0 Å². The van der Waals surface area contributed by atoms with Crippen LogP contribution in [0.15, 0.2) is 50.7 Å². The van der Waals surface area contributed by atoms with Crippen molar-refractivity contribution < 1.29 is 9.66 Å². The van der Waals surface area contributed by atoms with E-state index in [0.717, 1.165) is 9.37 Å². The minimum Gasteiger partial charge on any atom is -0.491 e. The minimum atomic E-state index is -0.403. The number of nitrogens with zero attached hydrogens (tertiary/aromatic N) is 1. The summed E-state index contributed by atoms with van der Waals surface area (Å²) >= 11 is 10.6. The zero-order chi connectivity index (χ0) is 16.3. The van der Waals surface area contributed by atoms with Crippen molar-refractivity contribution in [3.8, 4) is 5.75 Å². The zero-order valence-electron chi connectivity index (χ0n) is 11.9. The first-order valence-corrected chi connectivity index (χ1v) is 8.43. The standard InChI is InChI=1S/C15H13BrClNO3S/c1-9(2)21-11-4-6-15(13(8-11)18(19)20)22-14-5-3-10(17)7-12(14)16/h3-9H,1-2H3. The molecule has 0 fully saturated rings. The molecule has 0 aromatic heterocycles. The fourth-order valence-corrected chi connectivity index (χ4v) is 3.58. The molecule has 0 bridgehead atoms. The van der Waals surface area contributed by atoms with Crippen molar-refractivity contribution >= 4 is 45.0 Å². The van der Waals surface area contributed by atoms with Crippen LogP contribution >= 0.6 is 39.3 Å². The molecule has 0 atom stereocenters. The van der Waals surface area contributed by atoms with Gasteiger partial charge in [-0.3, -0.25) is 10.1 Å². The maximum absolute atomic E-state index is 11.3. The predicted octanol–water partition coefficient (Wildman–Crippen LogP) is 5.95. The number of nitro benzene ring substituents is 1. The van der Waals surface area contributed by atoms with Crippen LogP contribution in [0.2, 0.25) is 5.02 Å². The second-order valence-electron chi connectivity index (χ2n) is 4.73. The van der Waals surface area contributed by atoms with Crippen molar-refractivity contribution in [2.24, 2.45) is 0 Å². The molecule has 0 unspecified atom stereocenters. The number of hydrogen-bond donors (Lipinski definition) is 0. The number of rotatable bonds is 5. The summed E-state index contributed by atoms with van der Waals surface area (Å²) in [6.45, 7) is 3.75. The highest BCUT2D eigenvalue weighted by molar-refractivity contribution is 9.10. The molecule has 2 aromatic carbocycles. The van der Waals surface area contributed by atoms with Crippen molar-refractivity contribution in [1.29, 1.82) is 0 Å². The molecule has 4 nitrogen and oxygen atoms in total. The molecule has 2 rings (SSSR count). The molecule has 0 saturated heterocycles. The Kier molecular flexibility index (Phi) is 5.72. The molecule has 0 radical (unpaired) electrons. The van der Waals surface area contributed by atoms with Gasteiger partial charge < -0.3 is 4.74 Å². The van der Waals surface area contributed by atoms with Crippen LogP contribution in [-0.2, 0) is 0 Å². The van der Waals surface area contributed by atoms with E-state index in [-0.39, 0.29) is 11.8 Å². The molecular weight excluding hydrogens is 390 g/mol. The van der Waals surface area contributed by atoms with Gasteiger partial charge in [0.2, 0.25) is 0 Å². The van der Waals surface area contributed by atoms with Gasteiger partial charge in [-0.05, 0) is 60.1 Å². The first-order chi connectivity index (χ1) is 10.4. The Labute approximate surface area is 146 Å². The minimum absolute atomic E-state index is 0.0185. The average Bonchev–Trinajstić information content (AvgIpc) is 2.42. The highest BCUT2D eigenvalue weighted by Crippen LogP contribution is 2.40. The summed E-state index contributed by atoms with van der Waals surface area (Å²) in [6.07, 6.45) is -0.0384. The Morgan fingerprint density at radius 3 is 2.50 bits per heavy atom. The van der Waals surface area contributed by atoms with Gasteiger partial charge in [0.1, 0.15) is 5.75 Å². The number of ether oxygens (including phenoxy) is 1. The van der Waals surface area contributed by atoms with Crippen LogP contribution in [-0.4, -0.2) is 11.0 Å². The van der Waals surface area contributed by atoms with Gasteiger partial charge in [-0.15, -0.1) is 0 Å². The van der Waals surface area contributed by atoms with Crippen molar-refractivity contribution in [3.05, 3.63) is 56.0 Å². The Balaban J connectivity index is 2.35. The molecule has 0 amide bonds. The molecule has 0 aliphatic carbocycles. The SMILES string of the molecule is CC(C)Oc1ccc(Sc2ccc(Cl)cc2Br)c([N+](=O)[O-])c1. The van der Waals surface area contributed by atoms with Gasteiger partial charge in [0.15, 0.2) is 0 Å². The predicted molar refractivity (Wildman–Crippen MR) is 92.1 cm³/mol. The van der Waals surface area contributed by atoms with E-state index in [2.05, 4.69) is 15.9 Å². The highest BCUT2D eigenvalue weighted by atomic mass is 79.9. The highest BCUT2D eigenvalue weighted by Gasteiger charge is 2.18. The van der Waals surface area contributed by atoms with Crippen LogP contribution in [0.25, 0.3) is 0 Å². The molecule has 0 spiro atoms. The van der Waals surface area contributed by atoms with Crippen LogP contribution in [0.5, 0.6) is 5.75 Å². The molecule has 0 saturated carbocycles. The second-order valence-corrected chi connectivity index (χ2v) is 7.10. The maximum atomic E-state index is 11.3. The molecule has 116 valence electrons. The smallest absolute Gasteiger partial charge is 0.286 e. The second kappa shape index (κ2) is 7.35. The van der Waals surface area contributed by atoms with Gasteiger partial charge in [-0.1, -0.05) is 23.4 Å². The molecule has 0 N–H and O–H groups in total. The van der Waals surface area contributed by atoms with E-state index in [4.69, 9.17) is 16.3 Å². The molecule has 2 aromatic rings. The van der Waals surface area contributed by atoms with Gasteiger partial charge in [-0.2, -0.15) is 0 Å². The average molecular weight is 403 g/mol. The van der Waals surface area contributed by atoms with Crippen LogP contribution in [0.1, 0.15) is 13.8 Å². The van der Waals surface area contributed by atoms with E-state index in [1.54, 1.807) is 24.3 Å². The fourth-order valence-electron chi connectivity index (χ4n) is 1.75. The number of benzene rings is 2. The lowest BCUT2D eigenvalue weighted by atomic mass is 10.3. The molecule has 22 heavy (non-hydrogen) atoms. The number of hydrogen-bond acceptors (Lipinski definition) is 4. The van der Waals surface area contributed by atoms with E-state index in [9.17, 15) is 10.1 Å².